The Balaban J connectivity index is 1.66. The van der Waals surface area contributed by atoms with Gasteiger partial charge in [-0.05, 0) is 70.2 Å². The Labute approximate surface area is 295 Å². The number of amides is 3. The van der Waals surface area contributed by atoms with Crippen LogP contribution >= 0.6 is 0 Å². The van der Waals surface area contributed by atoms with Gasteiger partial charge in [0.05, 0.1) is 11.4 Å². The van der Waals surface area contributed by atoms with Gasteiger partial charge in [-0.1, -0.05) is 18.2 Å². The van der Waals surface area contributed by atoms with E-state index in [1.807, 2.05) is 0 Å². The molecule has 0 bridgehead atoms. The Morgan fingerprint density at radius 3 is 1.83 bits per heavy atom. The predicted octanol–water partition coefficient (Wildman–Crippen LogP) is 5.84. The van der Waals surface area contributed by atoms with Crippen molar-refractivity contribution in [3.8, 4) is 11.5 Å². The number of nitrogens with one attached hydrogen (secondary N) is 1. The van der Waals surface area contributed by atoms with Crippen LogP contribution in [0, 0.1) is 25.7 Å². The number of anilines is 2. The number of alkyl halides is 6. The lowest BCUT2D eigenvalue weighted by atomic mass is 9.68. The summed E-state index contributed by atoms with van der Waals surface area (Å²) in [6.45, 7) is 5.34. The highest BCUT2D eigenvalue weighted by Gasteiger charge is 2.60. The van der Waals surface area contributed by atoms with Crippen molar-refractivity contribution in [3.63, 3.8) is 0 Å². The number of aliphatic hydroxyl groups is 2. The summed E-state index contributed by atoms with van der Waals surface area (Å²) in [6, 6.07) is 5.38. The van der Waals surface area contributed by atoms with Crippen LogP contribution in [0.4, 0.5) is 37.7 Å². The number of rotatable bonds is 10. The van der Waals surface area contributed by atoms with Crippen LogP contribution in [0.25, 0.3) is 0 Å². The first-order chi connectivity index (χ1) is 24.4. The molecule has 1 spiro atoms. The molecule has 3 N–H and O–H groups in total. The van der Waals surface area contributed by atoms with Crippen LogP contribution < -0.4 is 19.9 Å². The van der Waals surface area contributed by atoms with Gasteiger partial charge in [0.2, 0.25) is 0 Å². The Hall–Kier alpha value is -4.41. The Bertz CT molecular complexity index is 1720. The van der Waals surface area contributed by atoms with Gasteiger partial charge in [0.25, 0.3) is 5.91 Å². The van der Waals surface area contributed by atoms with Crippen molar-refractivity contribution in [1.29, 1.82) is 0 Å². The van der Waals surface area contributed by atoms with Crippen LogP contribution in [-0.4, -0.2) is 72.8 Å². The third-order valence-electron chi connectivity index (χ3n) is 9.56. The summed E-state index contributed by atoms with van der Waals surface area (Å²) in [7, 11) is 0. The molecule has 2 aromatic carbocycles. The van der Waals surface area contributed by atoms with E-state index in [4.69, 9.17) is 14.6 Å². The summed E-state index contributed by atoms with van der Waals surface area (Å²) in [5.74, 6) is -6.49. The molecule has 282 valence electrons. The monoisotopic (exact) mass is 739 g/mol. The summed E-state index contributed by atoms with van der Waals surface area (Å²) in [6.07, 6.45) is -5.27. The third kappa shape index (κ3) is 6.90. The van der Waals surface area contributed by atoms with E-state index in [9.17, 15) is 45.8 Å². The zero-order valence-corrected chi connectivity index (χ0v) is 28.8. The number of aliphatic hydroxyl groups excluding tert-OH is 2. The maximum atomic E-state index is 13.6. The number of fused-ring (bicyclic) bond motifs is 6. The Morgan fingerprint density at radius 1 is 0.846 bits per heavy atom. The smallest absolute Gasteiger partial charge is 0.456 e. The molecule has 52 heavy (non-hydrogen) atoms. The van der Waals surface area contributed by atoms with Crippen LogP contribution in [0.1, 0.15) is 55.4 Å². The zero-order valence-electron chi connectivity index (χ0n) is 28.8. The van der Waals surface area contributed by atoms with E-state index in [-0.39, 0.29) is 70.4 Å². The summed E-state index contributed by atoms with van der Waals surface area (Å²) < 4.78 is 94.4. The third-order valence-corrected chi connectivity index (χ3v) is 9.56. The minimum Gasteiger partial charge on any atom is -0.456 e. The van der Waals surface area contributed by atoms with Crippen molar-refractivity contribution >= 4 is 29.1 Å². The molecule has 2 heterocycles. The van der Waals surface area contributed by atoms with Crippen molar-refractivity contribution in [2.45, 2.75) is 71.2 Å². The van der Waals surface area contributed by atoms with E-state index >= 15 is 0 Å². The molecule has 3 aliphatic rings. The molecule has 1 fully saturated rings. The minimum atomic E-state index is -5.21. The first-order valence-corrected chi connectivity index (χ1v) is 16.8. The molecule has 3 atom stereocenters. The number of aryl methyl sites for hydroxylation is 2. The van der Waals surface area contributed by atoms with Crippen LogP contribution in [-0.2, 0) is 24.7 Å². The van der Waals surface area contributed by atoms with Gasteiger partial charge in [-0.2, -0.15) is 26.3 Å². The average molecular weight is 740 g/mol. The SMILES string of the molecule is CCN(C(=O)C(F)(F)F)c1cc2c(cc1C)C1(OC(O)C3C=C(C(=O)NCCCCCO)C=CC31)c1cc(C)c(N(CC)C(=O)C(F)(F)F)cc1O2. The number of hydrogen-bond donors (Lipinski definition) is 3. The van der Waals surface area contributed by atoms with Crippen LogP contribution in [0.15, 0.2) is 48.1 Å². The van der Waals surface area contributed by atoms with Crippen LogP contribution in [0.3, 0.4) is 0 Å². The highest BCUT2D eigenvalue weighted by atomic mass is 19.4. The van der Waals surface area contributed by atoms with Gasteiger partial charge in [0.1, 0.15) is 17.1 Å². The molecule has 3 amide bonds. The number of unbranched alkanes of at least 4 members (excludes halogenated alkanes) is 2. The molecule has 2 aromatic rings. The Morgan fingerprint density at radius 2 is 1.37 bits per heavy atom. The normalized spacial score (nSPS) is 20.0. The van der Waals surface area contributed by atoms with Gasteiger partial charge in [-0.3, -0.25) is 14.4 Å². The molecule has 2 aliphatic heterocycles. The second kappa shape index (κ2) is 14.5. The zero-order chi connectivity index (χ0) is 38.3. The first-order valence-electron chi connectivity index (χ1n) is 16.8. The fourth-order valence-corrected chi connectivity index (χ4v) is 7.17. The molecule has 3 unspecified atom stereocenters. The molecule has 5 rings (SSSR count). The number of ether oxygens (including phenoxy) is 2. The van der Waals surface area contributed by atoms with Crippen LogP contribution in [0.2, 0.25) is 0 Å². The van der Waals surface area contributed by atoms with Gasteiger partial charge in [0.15, 0.2) is 6.29 Å². The van der Waals surface area contributed by atoms with Gasteiger partial charge in [-0.15, -0.1) is 0 Å². The lowest BCUT2D eigenvalue weighted by Gasteiger charge is -2.42. The number of benzene rings is 2. The van der Waals surface area contributed by atoms with E-state index < -0.39 is 53.8 Å². The van der Waals surface area contributed by atoms with Gasteiger partial charge < -0.3 is 34.8 Å². The maximum absolute atomic E-state index is 13.6. The molecular weight excluding hydrogens is 700 g/mol. The maximum Gasteiger partial charge on any atom is 0.471 e. The van der Waals surface area contributed by atoms with Gasteiger partial charge in [0, 0.05) is 66.9 Å². The molecule has 0 radical (unpaired) electrons. The number of carbonyl (C=O) groups excluding carboxylic acids is 3. The minimum absolute atomic E-state index is 0.0363. The second-order valence-corrected chi connectivity index (χ2v) is 12.8. The van der Waals surface area contributed by atoms with E-state index in [0.29, 0.717) is 35.6 Å². The van der Waals surface area contributed by atoms with E-state index in [1.165, 1.54) is 52.0 Å². The summed E-state index contributed by atoms with van der Waals surface area (Å²) in [4.78, 5) is 39.0. The lowest BCUT2D eigenvalue weighted by molar-refractivity contribution is -0.170. The number of carbonyl (C=O) groups is 3. The average Bonchev–Trinajstić information content (AvgIpc) is 3.37. The molecule has 0 saturated carbocycles. The van der Waals surface area contributed by atoms with Crippen molar-refractivity contribution in [2.24, 2.45) is 11.8 Å². The fourth-order valence-electron chi connectivity index (χ4n) is 7.17. The van der Waals surface area contributed by atoms with E-state index in [1.54, 1.807) is 18.2 Å². The van der Waals surface area contributed by atoms with Crippen LogP contribution in [0.5, 0.6) is 11.5 Å². The van der Waals surface area contributed by atoms with Crippen molar-refractivity contribution in [3.05, 3.63) is 70.3 Å². The predicted molar refractivity (Wildman–Crippen MR) is 177 cm³/mol. The molecule has 1 saturated heterocycles. The molecule has 1 aliphatic carbocycles. The second-order valence-electron chi connectivity index (χ2n) is 12.8. The van der Waals surface area contributed by atoms with Crippen molar-refractivity contribution in [2.75, 3.05) is 36.0 Å². The van der Waals surface area contributed by atoms with Crippen molar-refractivity contribution in [1.82, 2.24) is 5.32 Å². The van der Waals surface area contributed by atoms with Crippen molar-refractivity contribution < 1.29 is 60.4 Å². The molecule has 10 nitrogen and oxygen atoms in total. The van der Waals surface area contributed by atoms with E-state index in [2.05, 4.69) is 5.32 Å². The summed E-state index contributed by atoms with van der Waals surface area (Å²) in [5.41, 5.74) is -0.758. The molecular formula is C36H39F6N3O7. The summed E-state index contributed by atoms with van der Waals surface area (Å²) >= 11 is 0. The standard InChI is InChI=1S/C36H39F6N3O7/c1-5-44(32(49)35(37,38)39)26-17-28-24(14-19(26)3)34(25-15-20(4)27(18-29(25)51-28)45(6-2)33(50)36(40,41)42)23-11-10-21(16-22(23)31(48)52-34)30(47)43-12-8-7-9-13-46/h10-11,14-18,22-23,31,46,48H,5-9,12-13H2,1-4H3,(H,43,47). The Kier molecular flexibility index (Phi) is 10.9. The topological polar surface area (TPSA) is 129 Å². The number of hydrogen-bond acceptors (Lipinski definition) is 7. The van der Waals surface area contributed by atoms with Gasteiger partial charge in [-0.25, -0.2) is 0 Å². The van der Waals surface area contributed by atoms with E-state index in [0.717, 1.165) is 0 Å². The molecule has 0 aromatic heterocycles. The fraction of sp³-hybridized carbons (Fsp3) is 0.472. The largest absolute Gasteiger partial charge is 0.471 e. The lowest BCUT2D eigenvalue weighted by Crippen LogP contribution is -2.42. The molecule has 16 heteroatoms. The number of halogens is 6. The van der Waals surface area contributed by atoms with Gasteiger partial charge >= 0.3 is 24.2 Å². The first kappa shape index (κ1) is 38.8. The highest BCUT2D eigenvalue weighted by molar-refractivity contribution is 5.99. The number of nitrogens with zero attached hydrogens (tertiary/aromatic N) is 2. The quantitative estimate of drug-likeness (QED) is 0.207. The highest BCUT2D eigenvalue weighted by Crippen LogP contribution is 2.61. The summed E-state index contributed by atoms with van der Waals surface area (Å²) in [5, 5.41) is 23.2.